The van der Waals surface area contributed by atoms with Crippen LogP contribution in [0.1, 0.15) is 36.4 Å². The number of nitrogens with zero attached hydrogens (tertiary/aromatic N) is 4. The zero-order chi connectivity index (χ0) is 17.9. The highest BCUT2D eigenvalue weighted by Gasteiger charge is 2.25. The summed E-state index contributed by atoms with van der Waals surface area (Å²) in [6, 6.07) is 12.6. The molecule has 4 nitrogen and oxygen atoms in total. The average molecular weight is 367 g/mol. The number of hydrogen-bond acceptors (Lipinski definition) is 3. The maximum atomic E-state index is 6.20. The van der Waals surface area contributed by atoms with Crippen LogP contribution in [0.5, 0.6) is 0 Å². The lowest BCUT2D eigenvalue weighted by Crippen LogP contribution is -2.33. The van der Waals surface area contributed by atoms with Crippen molar-refractivity contribution < 1.29 is 0 Å². The second-order valence-electron chi connectivity index (χ2n) is 6.96. The molecule has 5 heteroatoms. The van der Waals surface area contributed by atoms with E-state index in [4.69, 9.17) is 16.7 Å². The van der Waals surface area contributed by atoms with E-state index >= 15 is 0 Å². The number of halogens is 1. The molecular formula is C21H23ClN4. The normalized spacial score (nSPS) is 18.2. The van der Waals surface area contributed by atoms with Gasteiger partial charge in [-0.25, -0.2) is 0 Å². The summed E-state index contributed by atoms with van der Waals surface area (Å²) in [5.41, 5.74) is 4.64. The monoisotopic (exact) mass is 366 g/mol. The van der Waals surface area contributed by atoms with E-state index in [1.54, 1.807) is 0 Å². The van der Waals surface area contributed by atoms with Crippen molar-refractivity contribution >= 4 is 11.6 Å². The van der Waals surface area contributed by atoms with Crippen molar-refractivity contribution in [2.75, 3.05) is 6.54 Å². The summed E-state index contributed by atoms with van der Waals surface area (Å²) >= 11 is 6.20. The van der Waals surface area contributed by atoms with Crippen molar-refractivity contribution in [1.29, 1.82) is 0 Å². The predicted octanol–water partition coefficient (Wildman–Crippen LogP) is 4.86. The van der Waals surface area contributed by atoms with Gasteiger partial charge in [-0.3, -0.25) is 14.6 Å². The SMILES string of the molecule is Cn1cc(CN2CCCC[C@H]2c2cccnc2)c(-c2cccc(Cl)c2)n1. The quantitative estimate of drug-likeness (QED) is 0.661. The van der Waals surface area contributed by atoms with E-state index in [2.05, 4.69) is 28.2 Å². The smallest absolute Gasteiger partial charge is 0.0968 e. The number of benzene rings is 1. The van der Waals surface area contributed by atoms with Crippen LogP contribution in [0.25, 0.3) is 11.3 Å². The van der Waals surface area contributed by atoms with Gasteiger partial charge < -0.3 is 0 Å². The molecule has 3 heterocycles. The van der Waals surface area contributed by atoms with Gasteiger partial charge in [-0.2, -0.15) is 5.10 Å². The minimum Gasteiger partial charge on any atom is -0.292 e. The van der Waals surface area contributed by atoms with Crippen molar-refractivity contribution in [3.8, 4) is 11.3 Å². The van der Waals surface area contributed by atoms with Gasteiger partial charge in [0.2, 0.25) is 0 Å². The van der Waals surface area contributed by atoms with Crippen molar-refractivity contribution in [2.45, 2.75) is 31.8 Å². The maximum absolute atomic E-state index is 6.20. The van der Waals surface area contributed by atoms with Gasteiger partial charge in [0.1, 0.15) is 0 Å². The van der Waals surface area contributed by atoms with Crippen LogP contribution in [-0.4, -0.2) is 26.2 Å². The van der Waals surface area contributed by atoms with Crippen molar-refractivity contribution in [1.82, 2.24) is 19.7 Å². The van der Waals surface area contributed by atoms with Crippen LogP contribution in [0.15, 0.2) is 55.0 Å². The molecule has 1 aromatic carbocycles. The molecule has 0 aliphatic carbocycles. The summed E-state index contributed by atoms with van der Waals surface area (Å²) < 4.78 is 1.90. The first-order valence-corrected chi connectivity index (χ1v) is 9.51. The van der Waals surface area contributed by atoms with E-state index in [0.717, 1.165) is 29.4 Å². The number of aromatic nitrogens is 3. The second-order valence-corrected chi connectivity index (χ2v) is 7.39. The zero-order valence-electron chi connectivity index (χ0n) is 15.0. The van der Waals surface area contributed by atoms with Crippen LogP contribution in [0.4, 0.5) is 0 Å². The predicted molar refractivity (Wildman–Crippen MR) is 105 cm³/mol. The number of piperidine rings is 1. The van der Waals surface area contributed by atoms with E-state index in [0.29, 0.717) is 6.04 Å². The molecule has 0 radical (unpaired) electrons. The fourth-order valence-corrected chi connectivity index (χ4v) is 4.07. The lowest BCUT2D eigenvalue weighted by molar-refractivity contribution is 0.140. The van der Waals surface area contributed by atoms with Crippen LogP contribution >= 0.6 is 11.6 Å². The molecular weight excluding hydrogens is 344 g/mol. The fourth-order valence-electron chi connectivity index (χ4n) is 3.88. The van der Waals surface area contributed by atoms with E-state index in [9.17, 15) is 0 Å². The van der Waals surface area contributed by atoms with Crippen LogP contribution < -0.4 is 0 Å². The molecule has 3 aromatic rings. The summed E-state index contributed by atoms with van der Waals surface area (Å²) in [4.78, 5) is 6.88. The molecule has 1 aliphatic rings. The molecule has 1 atom stereocenters. The molecule has 4 rings (SSSR count). The highest BCUT2D eigenvalue weighted by Crippen LogP contribution is 2.33. The Kier molecular flexibility index (Phi) is 5.05. The van der Waals surface area contributed by atoms with Crippen LogP contribution in [0.3, 0.4) is 0 Å². The highest BCUT2D eigenvalue weighted by molar-refractivity contribution is 6.30. The first-order valence-electron chi connectivity index (χ1n) is 9.13. The van der Waals surface area contributed by atoms with Crippen LogP contribution in [0, 0.1) is 0 Å². The summed E-state index contributed by atoms with van der Waals surface area (Å²) in [5.74, 6) is 0. The zero-order valence-corrected chi connectivity index (χ0v) is 15.7. The summed E-state index contributed by atoms with van der Waals surface area (Å²) in [7, 11) is 1.98. The number of hydrogen-bond donors (Lipinski definition) is 0. The Morgan fingerprint density at radius 3 is 2.92 bits per heavy atom. The summed E-state index contributed by atoms with van der Waals surface area (Å²) in [6.45, 7) is 1.98. The van der Waals surface area contributed by atoms with E-state index in [1.165, 1.54) is 30.4 Å². The second kappa shape index (κ2) is 7.60. The van der Waals surface area contributed by atoms with E-state index in [1.807, 2.05) is 48.4 Å². The molecule has 1 fully saturated rings. The van der Waals surface area contributed by atoms with Crippen LogP contribution in [-0.2, 0) is 13.6 Å². The van der Waals surface area contributed by atoms with Gasteiger partial charge in [-0.15, -0.1) is 0 Å². The molecule has 1 aliphatic heterocycles. The first kappa shape index (κ1) is 17.3. The molecule has 0 unspecified atom stereocenters. The third-order valence-electron chi connectivity index (χ3n) is 5.06. The minimum atomic E-state index is 0.421. The Labute approximate surface area is 159 Å². The molecule has 0 bridgehead atoms. The topological polar surface area (TPSA) is 34.0 Å². The molecule has 26 heavy (non-hydrogen) atoms. The minimum absolute atomic E-state index is 0.421. The van der Waals surface area contributed by atoms with Gasteiger partial charge >= 0.3 is 0 Å². The molecule has 1 saturated heterocycles. The Balaban J connectivity index is 1.64. The molecule has 0 spiro atoms. The maximum Gasteiger partial charge on any atom is 0.0968 e. The Morgan fingerprint density at radius 2 is 2.12 bits per heavy atom. The molecule has 2 aromatic heterocycles. The Morgan fingerprint density at radius 1 is 1.19 bits per heavy atom. The number of likely N-dealkylation sites (tertiary alicyclic amines) is 1. The third-order valence-corrected chi connectivity index (χ3v) is 5.29. The lowest BCUT2D eigenvalue weighted by Gasteiger charge is -2.35. The lowest BCUT2D eigenvalue weighted by atomic mass is 9.95. The average Bonchev–Trinajstić information content (AvgIpc) is 3.03. The van der Waals surface area contributed by atoms with E-state index < -0.39 is 0 Å². The number of pyridine rings is 1. The van der Waals surface area contributed by atoms with Gasteiger partial charge in [0, 0.05) is 54.4 Å². The largest absolute Gasteiger partial charge is 0.292 e. The fraction of sp³-hybridized carbons (Fsp3) is 0.333. The number of rotatable bonds is 4. The number of aryl methyl sites for hydroxylation is 1. The summed E-state index contributed by atoms with van der Waals surface area (Å²) in [5, 5.41) is 5.45. The standard InChI is InChI=1S/C21H23ClN4/c1-25-14-18(21(24-25)16-6-4-8-19(22)12-16)15-26-11-3-2-9-20(26)17-7-5-10-23-13-17/h4-8,10,12-14,20H,2-3,9,11,15H2,1H3/t20-/m0/s1. The Hall–Kier alpha value is -2.17. The molecule has 0 saturated carbocycles. The summed E-state index contributed by atoms with van der Waals surface area (Å²) in [6.07, 6.45) is 9.66. The molecule has 134 valence electrons. The van der Waals surface area contributed by atoms with Gasteiger partial charge in [-0.1, -0.05) is 36.2 Å². The van der Waals surface area contributed by atoms with Gasteiger partial charge in [0.05, 0.1) is 5.69 Å². The van der Waals surface area contributed by atoms with Crippen molar-refractivity contribution in [3.05, 3.63) is 71.1 Å². The molecule has 0 amide bonds. The van der Waals surface area contributed by atoms with Crippen molar-refractivity contribution in [2.24, 2.45) is 7.05 Å². The molecule has 0 N–H and O–H groups in total. The Bertz CT molecular complexity index is 875. The van der Waals surface area contributed by atoms with Gasteiger partial charge in [0.15, 0.2) is 0 Å². The van der Waals surface area contributed by atoms with Gasteiger partial charge in [-0.05, 0) is 43.1 Å². The van der Waals surface area contributed by atoms with Gasteiger partial charge in [0.25, 0.3) is 0 Å². The third kappa shape index (κ3) is 3.67. The highest BCUT2D eigenvalue weighted by atomic mass is 35.5. The van der Waals surface area contributed by atoms with Crippen molar-refractivity contribution in [3.63, 3.8) is 0 Å². The van der Waals surface area contributed by atoms with Crippen LogP contribution in [0.2, 0.25) is 5.02 Å². The van der Waals surface area contributed by atoms with E-state index in [-0.39, 0.29) is 0 Å². The first-order chi connectivity index (χ1) is 12.7.